The smallest absolute Gasteiger partial charge is 0.200 e. The van der Waals surface area contributed by atoms with Gasteiger partial charge in [0.2, 0.25) is 5.78 Å². The Morgan fingerprint density at radius 3 is 1.87 bits per heavy atom. The Morgan fingerprint density at radius 1 is 0.833 bits per heavy atom. The Bertz CT molecular complexity index is 956. The molecule has 160 valence electrons. The number of methoxy groups -OCH3 is 1. The number of pyridine rings is 1. The molecule has 1 aliphatic rings. The van der Waals surface area contributed by atoms with Crippen molar-refractivity contribution < 1.29 is 14.3 Å². The molecule has 0 bridgehead atoms. The summed E-state index contributed by atoms with van der Waals surface area (Å²) in [4.78, 5) is 35.2. The van der Waals surface area contributed by atoms with Gasteiger partial charge in [-0.25, -0.2) is 0 Å². The van der Waals surface area contributed by atoms with Gasteiger partial charge in [-0.1, -0.05) is 0 Å². The van der Waals surface area contributed by atoms with Crippen molar-refractivity contribution in [1.82, 2.24) is 14.8 Å². The molecular weight excluding hydrogens is 382 g/mol. The maximum Gasteiger partial charge on any atom is 0.200 e. The number of nitrogens with one attached hydrogen (secondary N) is 2. The molecule has 2 N–H and O–H groups in total. The Morgan fingerprint density at radius 2 is 1.37 bits per heavy atom. The first-order valence-electron chi connectivity index (χ1n) is 9.90. The Kier molecular flexibility index (Phi) is 6.69. The van der Waals surface area contributed by atoms with Crippen LogP contribution < -0.4 is 15.4 Å². The first-order chi connectivity index (χ1) is 14.3. The van der Waals surface area contributed by atoms with E-state index in [9.17, 15) is 9.59 Å². The van der Waals surface area contributed by atoms with Crippen LogP contribution in [0.15, 0.2) is 24.5 Å². The maximum atomic E-state index is 13.5. The number of benzene rings is 1. The minimum Gasteiger partial charge on any atom is -0.494 e. The third-order valence-electron chi connectivity index (χ3n) is 5.01. The molecule has 0 unspecified atom stereocenters. The van der Waals surface area contributed by atoms with Crippen LogP contribution in [0.1, 0.15) is 31.8 Å². The first-order valence-corrected chi connectivity index (χ1v) is 9.90. The average molecular weight is 412 g/mol. The molecule has 1 aromatic carbocycles. The molecule has 0 fully saturated rings. The molecule has 0 saturated heterocycles. The average Bonchev–Trinajstić information content (AvgIpc) is 2.71. The highest BCUT2D eigenvalue weighted by molar-refractivity contribution is 6.32. The monoisotopic (exact) mass is 411 g/mol. The zero-order valence-corrected chi connectivity index (χ0v) is 18.2. The Balaban J connectivity index is 2.08. The fraction of sp³-hybridized carbons (Fsp3) is 0.409. The number of carbonyl (C=O) groups is 2. The van der Waals surface area contributed by atoms with E-state index in [-0.39, 0.29) is 22.7 Å². The number of nitrogens with zero attached hydrogens (tertiary/aromatic N) is 3. The third kappa shape index (κ3) is 4.29. The topological polar surface area (TPSA) is 86.8 Å². The predicted octanol–water partition coefficient (Wildman–Crippen LogP) is 1.81. The summed E-state index contributed by atoms with van der Waals surface area (Å²) in [5.41, 5.74) is 2.60. The summed E-state index contributed by atoms with van der Waals surface area (Å²) < 4.78 is 5.34. The second kappa shape index (κ2) is 9.23. The number of rotatable bonds is 9. The summed E-state index contributed by atoms with van der Waals surface area (Å²) in [6, 6.07) is 3.71. The van der Waals surface area contributed by atoms with Crippen molar-refractivity contribution in [2.24, 2.45) is 0 Å². The van der Waals surface area contributed by atoms with Gasteiger partial charge in [0.05, 0.1) is 35.6 Å². The largest absolute Gasteiger partial charge is 0.494 e. The lowest BCUT2D eigenvalue weighted by atomic mass is 9.82. The number of ether oxygens (including phenoxy) is 1. The molecule has 8 heteroatoms. The SMILES string of the molecule is COc1cncc2c1C(=O)c1c(NCCN(C)C)ccc(NCCN(C)C)c1C2=O. The number of aromatic nitrogens is 1. The van der Waals surface area contributed by atoms with Crippen molar-refractivity contribution in [2.75, 3.05) is 72.1 Å². The normalized spacial score (nSPS) is 12.8. The molecule has 0 spiro atoms. The van der Waals surface area contributed by atoms with Gasteiger partial charge >= 0.3 is 0 Å². The van der Waals surface area contributed by atoms with Crippen molar-refractivity contribution in [3.63, 3.8) is 0 Å². The van der Waals surface area contributed by atoms with Gasteiger partial charge in [-0.05, 0) is 40.3 Å². The number of hydrogen-bond donors (Lipinski definition) is 2. The van der Waals surface area contributed by atoms with Crippen LogP contribution in [-0.2, 0) is 0 Å². The summed E-state index contributed by atoms with van der Waals surface area (Å²) in [6.07, 6.45) is 2.91. The first kappa shape index (κ1) is 21.7. The highest BCUT2D eigenvalue weighted by Gasteiger charge is 2.36. The zero-order valence-electron chi connectivity index (χ0n) is 18.2. The van der Waals surface area contributed by atoms with E-state index >= 15 is 0 Å². The van der Waals surface area contributed by atoms with Crippen molar-refractivity contribution in [3.05, 3.63) is 46.8 Å². The van der Waals surface area contributed by atoms with Crippen molar-refractivity contribution in [1.29, 1.82) is 0 Å². The predicted molar refractivity (Wildman–Crippen MR) is 118 cm³/mol. The van der Waals surface area contributed by atoms with E-state index in [1.807, 2.05) is 50.1 Å². The van der Waals surface area contributed by atoms with Gasteiger partial charge in [0, 0.05) is 43.8 Å². The van der Waals surface area contributed by atoms with E-state index in [2.05, 4.69) is 15.6 Å². The van der Waals surface area contributed by atoms with Gasteiger partial charge in [0.15, 0.2) is 5.78 Å². The number of carbonyl (C=O) groups excluding carboxylic acids is 2. The molecule has 1 aromatic heterocycles. The lowest BCUT2D eigenvalue weighted by Crippen LogP contribution is -2.28. The van der Waals surface area contributed by atoms with Crippen LogP contribution in [-0.4, -0.2) is 87.8 Å². The van der Waals surface area contributed by atoms with E-state index in [4.69, 9.17) is 4.74 Å². The van der Waals surface area contributed by atoms with Crippen LogP contribution in [0.5, 0.6) is 5.75 Å². The van der Waals surface area contributed by atoms with Crippen molar-refractivity contribution in [2.45, 2.75) is 0 Å². The number of likely N-dealkylation sites (N-methyl/N-ethyl adjacent to an activating group) is 2. The summed E-state index contributed by atoms with van der Waals surface area (Å²) in [5, 5.41) is 6.63. The van der Waals surface area contributed by atoms with E-state index < -0.39 is 0 Å². The van der Waals surface area contributed by atoms with Crippen LogP contribution in [0.2, 0.25) is 0 Å². The minimum atomic E-state index is -0.234. The lowest BCUT2D eigenvalue weighted by molar-refractivity contribution is 0.0977. The number of fused-ring (bicyclic) bond motifs is 2. The van der Waals surface area contributed by atoms with Crippen molar-refractivity contribution in [3.8, 4) is 5.75 Å². The second-order valence-electron chi connectivity index (χ2n) is 7.79. The minimum absolute atomic E-state index is 0.227. The Hall–Kier alpha value is -2.97. The molecule has 3 rings (SSSR count). The van der Waals surface area contributed by atoms with Crippen LogP contribution in [0.4, 0.5) is 11.4 Å². The van der Waals surface area contributed by atoms with E-state index in [1.54, 1.807) is 0 Å². The van der Waals surface area contributed by atoms with Gasteiger partial charge in [0.1, 0.15) is 5.75 Å². The maximum absolute atomic E-state index is 13.5. The number of ketones is 2. The van der Waals surface area contributed by atoms with Crippen molar-refractivity contribution >= 4 is 22.9 Å². The van der Waals surface area contributed by atoms with Gasteiger partial charge < -0.3 is 25.2 Å². The molecule has 0 saturated carbocycles. The second-order valence-corrected chi connectivity index (χ2v) is 7.79. The summed E-state index contributed by atoms with van der Waals surface area (Å²) in [5.74, 6) is -0.154. The van der Waals surface area contributed by atoms with Crippen LogP contribution in [0.3, 0.4) is 0 Å². The molecule has 30 heavy (non-hydrogen) atoms. The van der Waals surface area contributed by atoms with E-state index in [1.165, 1.54) is 19.5 Å². The van der Waals surface area contributed by atoms with Gasteiger partial charge in [-0.15, -0.1) is 0 Å². The fourth-order valence-electron chi connectivity index (χ4n) is 3.46. The van der Waals surface area contributed by atoms with Crippen LogP contribution in [0.25, 0.3) is 0 Å². The number of hydrogen-bond acceptors (Lipinski definition) is 8. The molecular formula is C22H29N5O3. The molecule has 1 heterocycles. The van der Waals surface area contributed by atoms with Gasteiger partial charge in [-0.2, -0.15) is 0 Å². The fourth-order valence-corrected chi connectivity index (χ4v) is 3.46. The molecule has 0 atom stereocenters. The lowest BCUT2D eigenvalue weighted by Gasteiger charge is -2.25. The third-order valence-corrected chi connectivity index (χ3v) is 5.01. The van der Waals surface area contributed by atoms with Gasteiger partial charge in [0.25, 0.3) is 0 Å². The molecule has 0 radical (unpaired) electrons. The van der Waals surface area contributed by atoms with Crippen LogP contribution >= 0.6 is 0 Å². The molecule has 0 aliphatic heterocycles. The highest BCUT2D eigenvalue weighted by atomic mass is 16.5. The zero-order chi connectivity index (χ0) is 21.8. The Labute approximate surface area is 177 Å². The van der Waals surface area contributed by atoms with E-state index in [0.717, 1.165) is 13.1 Å². The molecule has 8 nitrogen and oxygen atoms in total. The quantitative estimate of drug-likeness (QED) is 0.551. The summed E-state index contributed by atoms with van der Waals surface area (Å²) >= 11 is 0. The number of anilines is 2. The van der Waals surface area contributed by atoms with E-state index in [0.29, 0.717) is 41.3 Å². The van der Waals surface area contributed by atoms with Crippen LogP contribution in [0, 0.1) is 0 Å². The summed E-state index contributed by atoms with van der Waals surface area (Å²) in [7, 11) is 9.41. The highest BCUT2D eigenvalue weighted by Crippen LogP contribution is 2.39. The molecule has 0 amide bonds. The standard InChI is InChI=1S/C22H29N5O3/c1-26(2)10-8-24-15-6-7-16(25-9-11-27(3)4)20-19(15)21(28)14-12-23-13-17(30-5)18(14)22(20)29/h6-7,12-13,24-25H,8-11H2,1-5H3. The molecule has 2 aromatic rings. The molecule has 1 aliphatic carbocycles. The summed E-state index contributed by atoms with van der Waals surface area (Å²) in [6.45, 7) is 2.89. The van der Waals surface area contributed by atoms with Gasteiger partial charge in [-0.3, -0.25) is 14.6 Å².